The fourth-order valence-corrected chi connectivity index (χ4v) is 3.00. The highest BCUT2D eigenvalue weighted by Crippen LogP contribution is 2.29. The fourth-order valence-electron chi connectivity index (χ4n) is 2.72. The molecule has 1 aliphatic carbocycles. The maximum atomic E-state index is 12.2. The van der Waals surface area contributed by atoms with Crippen molar-refractivity contribution in [2.75, 3.05) is 6.26 Å². The van der Waals surface area contributed by atoms with Crippen LogP contribution in [0.25, 0.3) is 0 Å². The first-order chi connectivity index (χ1) is 10.3. The van der Waals surface area contributed by atoms with Crippen LogP contribution in [0, 0.1) is 0 Å². The lowest BCUT2D eigenvalue weighted by atomic mass is 9.90. The van der Waals surface area contributed by atoms with Gasteiger partial charge < -0.3 is 10.4 Å². The summed E-state index contributed by atoms with van der Waals surface area (Å²) in [5.41, 5.74) is -0.445. The van der Waals surface area contributed by atoms with E-state index in [1.54, 1.807) is 36.5 Å². The van der Waals surface area contributed by atoms with Crippen LogP contribution in [0.2, 0.25) is 0 Å². The van der Waals surface area contributed by atoms with Gasteiger partial charge in [-0.05, 0) is 39.9 Å². The Morgan fingerprint density at radius 2 is 2.18 bits per heavy atom. The van der Waals surface area contributed by atoms with E-state index in [-0.39, 0.29) is 23.2 Å². The second-order valence-electron chi connectivity index (χ2n) is 6.49. The molecule has 124 valence electrons. The number of amides is 1. The second-order valence-corrected chi connectivity index (χ2v) is 7.67. The molecule has 3 atom stereocenters. The largest absolute Gasteiger partial charge is 0.384 e. The molecule has 0 bridgehead atoms. The van der Waals surface area contributed by atoms with E-state index in [0.717, 1.165) is 25.7 Å². The van der Waals surface area contributed by atoms with E-state index < -0.39 is 5.60 Å². The minimum absolute atomic E-state index is 0.0507. The van der Waals surface area contributed by atoms with Gasteiger partial charge in [-0.25, -0.2) is 4.68 Å². The van der Waals surface area contributed by atoms with Crippen LogP contribution < -0.4 is 5.32 Å². The highest BCUT2D eigenvalue weighted by Gasteiger charge is 2.31. The Morgan fingerprint density at radius 1 is 1.50 bits per heavy atom. The van der Waals surface area contributed by atoms with Crippen molar-refractivity contribution in [1.29, 1.82) is 0 Å². The molecule has 2 N–H and O–H groups in total. The first-order valence-electron chi connectivity index (χ1n) is 7.80. The Bertz CT molecular complexity index is 512. The summed E-state index contributed by atoms with van der Waals surface area (Å²) in [5.74, 6) is 0.0761. The Hall–Kier alpha value is -1.08. The number of nitrogens with one attached hydrogen (secondary N) is 1. The normalized spacial score (nSPS) is 24.0. The molecule has 22 heavy (non-hydrogen) atoms. The minimum Gasteiger partial charge on any atom is -0.384 e. The van der Waals surface area contributed by atoms with E-state index in [9.17, 15) is 9.90 Å². The van der Waals surface area contributed by atoms with E-state index in [0.29, 0.717) is 5.69 Å². The first-order valence-corrected chi connectivity index (χ1v) is 9.09. The van der Waals surface area contributed by atoms with Gasteiger partial charge in [0.05, 0.1) is 23.5 Å². The van der Waals surface area contributed by atoms with Gasteiger partial charge in [-0.2, -0.15) is 11.8 Å². The molecule has 1 fully saturated rings. The third-order valence-electron chi connectivity index (χ3n) is 4.26. The number of nitrogens with zero attached hydrogens (tertiary/aromatic N) is 3. The molecule has 0 unspecified atom stereocenters. The third-order valence-corrected chi connectivity index (χ3v) is 5.18. The number of carbonyl (C=O) groups excluding carboxylic acids is 1. The van der Waals surface area contributed by atoms with E-state index in [2.05, 4.69) is 15.6 Å². The topological polar surface area (TPSA) is 80.0 Å². The van der Waals surface area contributed by atoms with Crippen LogP contribution in [0.3, 0.4) is 0 Å². The smallest absolute Gasteiger partial charge is 0.233 e. The molecule has 1 aromatic rings. The molecule has 1 saturated carbocycles. The SMILES string of the molecule is CS[C@H](C)C(=O)N[C@H]1CCCC[C@H]1n1cc(C(C)(C)O)nn1. The minimum atomic E-state index is -1.00. The lowest BCUT2D eigenvalue weighted by molar-refractivity contribution is -0.121. The van der Waals surface area contributed by atoms with Crippen molar-refractivity contribution in [3.63, 3.8) is 0 Å². The molecule has 1 aromatic heterocycles. The zero-order chi connectivity index (χ0) is 16.3. The Labute approximate surface area is 136 Å². The molecular formula is C15H26N4O2S. The predicted octanol–water partition coefficient (Wildman–Crippen LogP) is 1.86. The lowest BCUT2D eigenvalue weighted by Crippen LogP contribution is -2.45. The van der Waals surface area contributed by atoms with Crippen LogP contribution in [-0.2, 0) is 10.4 Å². The highest BCUT2D eigenvalue weighted by molar-refractivity contribution is 7.99. The monoisotopic (exact) mass is 326 g/mol. The molecule has 2 rings (SSSR count). The third kappa shape index (κ3) is 4.01. The number of hydrogen-bond donors (Lipinski definition) is 2. The Balaban J connectivity index is 2.13. The Morgan fingerprint density at radius 3 is 2.77 bits per heavy atom. The molecule has 6 nitrogen and oxygen atoms in total. The molecule has 7 heteroatoms. The van der Waals surface area contributed by atoms with Gasteiger partial charge in [0.2, 0.25) is 5.91 Å². The number of thioether (sulfide) groups is 1. The summed E-state index contributed by atoms with van der Waals surface area (Å²) in [7, 11) is 0. The van der Waals surface area contributed by atoms with Gasteiger partial charge in [0.1, 0.15) is 11.3 Å². The average Bonchev–Trinajstić information content (AvgIpc) is 2.96. The van der Waals surface area contributed by atoms with E-state index in [1.165, 1.54) is 0 Å². The van der Waals surface area contributed by atoms with Crippen molar-refractivity contribution < 1.29 is 9.90 Å². The molecule has 0 spiro atoms. The van der Waals surface area contributed by atoms with Crippen molar-refractivity contribution in [2.24, 2.45) is 0 Å². The molecular weight excluding hydrogens is 300 g/mol. The van der Waals surface area contributed by atoms with Crippen LogP contribution in [-0.4, -0.2) is 43.6 Å². The van der Waals surface area contributed by atoms with E-state index >= 15 is 0 Å². The highest BCUT2D eigenvalue weighted by atomic mass is 32.2. The summed E-state index contributed by atoms with van der Waals surface area (Å²) < 4.78 is 1.81. The van der Waals surface area contributed by atoms with Crippen molar-refractivity contribution in [3.05, 3.63) is 11.9 Å². The molecule has 0 saturated heterocycles. The number of hydrogen-bond acceptors (Lipinski definition) is 5. The van der Waals surface area contributed by atoms with Gasteiger partial charge in [0.25, 0.3) is 0 Å². The van der Waals surface area contributed by atoms with Gasteiger partial charge in [0.15, 0.2) is 0 Å². The number of aromatic nitrogens is 3. The number of aliphatic hydroxyl groups is 1. The molecule has 1 aliphatic rings. The zero-order valence-electron chi connectivity index (χ0n) is 13.7. The standard InChI is InChI=1S/C15H26N4O2S/c1-10(22-4)14(20)16-11-7-5-6-8-12(11)19-9-13(17-18-19)15(2,3)21/h9-12,21H,5-8H2,1-4H3,(H,16,20)/t10-,11+,12-/m1/s1. The van der Waals surface area contributed by atoms with Gasteiger partial charge in [-0.15, -0.1) is 5.10 Å². The summed E-state index contributed by atoms with van der Waals surface area (Å²) >= 11 is 1.55. The summed E-state index contributed by atoms with van der Waals surface area (Å²) in [6.07, 6.45) is 7.89. The van der Waals surface area contributed by atoms with Gasteiger partial charge in [0, 0.05) is 0 Å². The van der Waals surface area contributed by atoms with Crippen LogP contribution >= 0.6 is 11.8 Å². The Kier molecular flexibility index (Phi) is 5.50. The zero-order valence-corrected chi connectivity index (χ0v) is 14.6. The quantitative estimate of drug-likeness (QED) is 0.863. The van der Waals surface area contributed by atoms with Crippen LogP contribution in [0.4, 0.5) is 0 Å². The van der Waals surface area contributed by atoms with E-state index in [1.807, 2.05) is 13.2 Å². The van der Waals surface area contributed by atoms with Gasteiger partial charge in [-0.1, -0.05) is 18.1 Å². The summed E-state index contributed by atoms with van der Waals surface area (Å²) in [6, 6.07) is 0.183. The number of carbonyl (C=O) groups is 1. The van der Waals surface area contributed by atoms with Gasteiger partial charge >= 0.3 is 0 Å². The van der Waals surface area contributed by atoms with Crippen molar-refractivity contribution in [2.45, 2.75) is 69.4 Å². The van der Waals surface area contributed by atoms with Crippen LogP contribution in [0.1, 0.15) is 58.2 Å². The maximum absolute atomic E-state index is 12.2. The predicted molar refractivity (Wildman–Crippen MR) is 87.7 cm³/mol. The van der Waals surface area contributed by atoms with Gasteiger partial charge in [-0.3, -0.25) is 4.79 Å². The molecule has 1 amide bonds. The van der Waals surface area contributed by atoms with Crippen molar-refractivity contribution in [1.82, 2.24) is 20.3 Å². The number of rotatable bonds is 5. The summed E-state index contributed by atoms with van der Waals surface area (Å²) in [6.45, 7) is 5.31. The van der Waals surface area contributed by atoms with Crippen LogP contribution in [0.5, 0.6) is 0 Å². The lowest BCUT2D eigenvalue weighted by Gasteiger charge is -2.32. The molecule has 0 radical (unpaired) electrons. The van der Waals surface area contributed by atoms with Crippen molar-refractivity contribution >= 4 is 17.7 Å². The second kappa shape index (κ2) is 7.00. The summed E-state index contributed by atoms with van der Waals surface area (Å²) in [5, 5.41) is 21.4. The molecule has 0 aromatic carbocycles. The van der Waals surface area contributed by atoms with E-state index in [4.69, 9.17) is 0 Å². The maximum Gasteiger partial charge on any atom is 0.233 e. The first kappa shape index (κ1) is 17.3. The van der Waals surface area contributed by atoms with Crippen LogP contribution in [0.15, 0.2) is 6.20 Å². The fraction of sp³-hybridized carbons (Fsp3) is 0.800. The van der Waals surface area contributed by atoms with Crippen molar-refractivity contribution in [3.8, 4) is 0 Å². The summed E-state index contributed by atoms with van der Waals surface area (Å²) in [4.78, 5) is 12.2. The average molecular weight is 326 g/mol. The molecule has 0 aliphatic heterocycles. The molecule has 1 heterocycles.